The summed E-state index contributed by atoms with van der Waals surface area (Å²) in [5.74, 6) is 0.908. The van der Waals surface area contributed by atoms with Gasteiger partial charge in [-0.3, -0.25) is 4.90 Å². The second-order valence-corrected chi connectivity index (χ2v) is 9.66. The summed E-state index contributed by atoms with van der Waals surface area (Å²) < 4.78 is 43.5. The van der Waals surface area contributed by atoms with Gasteiger partial charge in [0.1, 0.15) is 0 Å². The van der Waals surface area contributed by atoms with Gasteiger partial charge in [0.2, 0.25) is 10.0 Å². The number of carbonyl (C=O) groups is 1. The van der Waals surface area contributed by atoms with Crippen LogP contribution in [0.3, 0.4) is 0 Å². The maximum Gasteiger partial charge on any atom is 0.414 e. The first-order valence-corrected chi connectivity index (χ1v) is 12.3. The predicted octanol–water partition coefficient (Wildman–Crippen LogP) is 3.96. The Morgan fingerprint density at radius 2 is 1.75 bits per heavy atom. The molecule has 0 bridgehead atoms. The maximum absolute atomic E-state index is 12.9. The van der Waals surface area contributed by atoms with E-state index in [1.807, 2.05) is 37.3 Å². The van der Waals surface area contributed by atoms with E-state index in [1.165, 1.54) is 24.8 Å². The molecule has 2 aromatic rings. The van der Waals surface area contributed by atoms with E-state index < -0.39 is 22.2 Å². The first-order valence-electron chi connectivity index (χ1n) is 10.4. The highest BCUT2D eigenvalue weighted by molar-refractivity contribution is 7.88. The molecular weight excluding hydrogens is 432 g/mol. The largest absolute Gasteiger partial charge is 0.493 e. The Morgan fingerprint density at radius 1 is 1.12 bits per heavy atom. The van der Waals surface area contributed by atoms with Crippen molar-refractivity contribution in [1.29, 1.82) is 0 Å². The lowest BCUT2D eigenvalue weighted by atomic mass is 9.91. The van der Waals surface area contributed by atoms with Gasteiger partial charge in [-0.25, -0.2) is 13.2 Å². The summed E-state index contributed by atoms with van der Waals surface area (Å²) in [5, 5.41) is 0. The van der Waals surface area contributed by atoms with Crippen LogP contribution >= 0.6 is 0 Å². The van der Waals surface area contributed by atoms with Crippen molar-refractivity contribution >= 4 is 21.8 Å². The van der Waals surface area contributed by atoms with E-state index in [0.717, 1.165) is 5.56 Å². The Balaban J connectivity index is 2.17. The molecule has 0 saturated heterocycles. The summed E-state index contributed by atoms with van der Waals surface area (Å²) in [6.45, 7) is 4.07. The quantitative estimate of drug-likeness (QED) is 0.619. The Bertz CT molecular complexity index is 1060. The minimum Gasteiger partial charge on any atom is -0.493 e. The molecule has 1 aliphatic heterocycles. The van der Waals surface area contributed by atoms with Crippen molar-refractivity contribution in [2.75, 3.05) is 32.0 Å². The molecule has 32 heavy (non-hydrogen) atoms. The zero-order valence-electron chi connectivity index (χ0n) is 19.1. The lowest BCUT2D eigenvalue weighted by Crippen LogP contribution is -2.47. The summed E-state index contributed by atoms with van der Waals surface area (Å²) in [4.78, 5) is 14.3. The monoisotopic (exact) mass is 462 g/mol. The normalized spacial score (nSPS) is 18.2. The number of carbonyl (C=O) groups excluding carboxylic acids is 1. The van der Waals surface area contributed by atoms with Gasteiger partial charge in [0, 0.05) is 18.7 Å². The Kier molecular flexibility index (Phi) is 7.30. The lowest BCUT2D eigenvalue weighted by molar-refractivity contribution is 0.154. The van der Waals surface area contributed by atoms with Crippen molar-refractivity contribution in [2.45, 2.75) is 38.9 Å². The van der Waals surface area contributed by atoms with Crippen molar-refractivity contribution < 1.29 is 27.4 Å². The molecule has 0 radical (unpaired) electrons. The second-order valence-electron chi connectivity index (χ2n) is 7.73. The Morgan fingerprint density at radius 3 is 2.31 bits per heavy atom. The van der Waals surface area contributed by atoms with Crippen molar-refractivity contribution in [2.24, 2.45) is 0 Å². The fraction of sp³-hybridized carbons (Fsp3) is 0.435. The molecule has 0 aliphatic carbocycles. The number of methoxy groups -OCH3 is 2. The van der Waals surface area contributed by atoms with Gasteiger partial charge in [-0.1, -0.05) is 30.3 Å². The van der Waals surface area contributed by atoms with E-state index in [4.69, 9.17) is 14.2 Å². The molecular formula is C23H30N2O6S. The van der Waals surface area contributed by atoms with Crippen molar-refractivity contribution in [3.8, 4) is 11.5 Å². The zero-order chi connectivity index (χ0) is 23.5. The number of anilines is 1. The summed E-state index contributed by atoms with van der Waals surface area (Å²) in [7, 11) is -0.551. The fourth-order valence-electron chi connectivity index (χ4n) is 4.12. The topological polar surface area (TPSA) is 85.4 Å². The number of rotatable bonds is 7. The first kappa shape index (κ1) is 23.9. The van der Waals surface area contributed by atoms with Crippen LogP contribution in [0.5, 0.6) is 11.5 Å². The Hall–Kier alpha value is -2.78. The van der Waals surface area contributed by atoms with Gasteiger partial charge in [-0.15, -0.1) is 0 Å². The van der Waals surface area contributed by atoms with Gasteiger partial charge in [0.05, 0.1) is 38.8 Å². The van der Waals surface area contributed by atoms with E-state index >= 15 is 0 Å². The van der Waals surface area contributed by atoms with Crippen LogP contribution in [0.2, 0.25) is 0 Å². The number of hydrogen-bond acceptors (Lipinski definition) is 6. The molecule has 3 rings (SSSR count). The predicted molar refractivity (Wildman–Crippen MR) is 123 cm³/mol. The van der Waals surface area contributed by atoms with Crippen LogP contribution in [-0.4, -0.2) is 51.9 Å². The molecule has 0 saturated carbocycles. The van der Waals surface area contributed by atoms with Gasteiger partial charge in [0.25, 0.3) is 0 Å². The summed E-state index contributed by atoms with van der Waals surface area (Å²) in [6, 6.07) is 12.1. The molecule has 1 amide bonds. The SMILES string of the molecule is CCOC(=O)N1c2cc(OC)c(OC)cc2[C@H](N(Cc2ccccc2)S(C)(=O)=O)C[C@@H]1C. The van der Waals surface area contributed by atoms with E-state index in [-0.39, 0.29) is 19.2 Å². The standard InChI is InChI=1S/C23H30N2O6S/c1-6-31-23(26)25-16(2)12-19(18-13-21(29-3)22(30-4)14-20(18)25)24(32(5,27)28)15-17-10-8-7-9-11-17/h7-11,13-14,16,19H,6,12,15H2,1-5H3/t16-,19+/m0/s1. The molecule has 2 atom stereocenters. The first-order chi connectivity index (χ1) is 15.2. The van der Waals surface area contributed by atoms with E-state index in [9.17, 15) is 13.2 Å². The molecule has 2 aromatic carbocycles. The van der Waals surface area contributed by atoms with Crippen LogP contribution in [0.15, 0.2) is 42.5 Å². The number of hydrogen-bond donors (Lipinski definition) is 0. The number of ether oxygens (including phenoxy) is 3. The van der Waals surface area contributed by atoms with Gasteiger partial charge in [-0.2, -0.15) is 4.31 Å². The second kappa shape index (κ2) is 9.79. The minimum atomic E-state index is -3.59. The number of nitrogens with zero attached hydrogens (tertiary/aromatic N) is 2. The molecule has 0 spiro atoms. The van der Waals surface area contributed by atoms with Crippen LogP contribution in [0.25, 0.3) is 0 Å². The van der Waals surface area contributed by atoms with E-state index in [2.05, 4.69) is 0 Å². The number of fused-ring (bicyclic) bond motifs is 1. The molecule has 1 aliphatic rings. The average Bonchev–Trinajstić information content (AvgIpc) is 2.76. The van der Waals surface area contributed by atoms with E-state index in [1.54, 1.807) is 24.0 Å². The van der Waals surface area contributed by atoms with Gasteiger partial charge in [0.15, 0.2) is 11.5 Å². The van der Waals surface area contributed by atoms with Gasteiger partial charge in [-0.05, 0) is 37.5 Å². The third-order valence-electron chi connectivity index (χ3n) is 5.58. The van der Waals surface area contributed by atoms with Crippen molar-refractivity contribution in [1.82, 2.24) is 4.31 Å². The molecule has 0 unspecified atom stereocenters. The number of sulfonamides is 1. The van der Waals surface area contributed by atoms with Crippen LogP contribution in [0.4, 0.5) is 10.5 Å². The van der Waals surface area contributed by atoms with Crippen molar-refractivity contribution in [3.63, 3.8) is 0 Å². The summed E-state index contributed by atoms with van der Waals surface area (Å²) in [6.07, 6.45) is 1.13. The highest BCUT2D eigenvalue weighted by Gasteiger charge is 2.41. The molecule has 0 aromatic heterocycles. The van der Waals surface area contributed by atoms with Crippen LogP contribution < -0.4 is 14.4 Å². The molecule has 1 heterocycles. The van der Waals surface area contributed by atoms with Gasteiger partial charge >= 0.3 is 6.09 Å². The number of benzene rings is 2. The third kappa shape index (κ3) is 4.83. The maximum atomic E-state index is 12.9. The van der Waals surface area contributed by atoms with Gasteiger partial charge < -0.3 is 14.2 Å². The van der Waals surface area contributed by atoms with E-state index in [0.29, 0.717) is 29.2 Å². The molecule has 0 N–H and O–H groups in total. The lowest BCUT2D eigenvalue weighted by Gasteiger charge is -2.42. The highest BCUT2D eigenvalue weighted by Crippen LogP contribution is 2.46. The smallest absolute Gasteiger partial charge is 0.414 e. The summed E-state index contributed by atoms with van der Waals surface area (Å²) in [5.41, 5.74) is 2.09. The third-order valence-corrected chi connectivity index (χ3v) is 6.81. The molecule has 9 heteroatoms. The van der Waals surface area contributed by atoms with Crippen LogP contribution in [0.1, 0.15) is 37.4 Å². The highest BCUT2D eigenvalue weighted by atomic mass is 32.2. The summed E-state index contributed by atoms with van der Waals surface area (Å²) >= 11 is 0. The molecule has 8 nitrogen and oxygen atoms in total. The minimum absolute atomic E-state index is 0.213. The van der Waals surface area contributed by atoms with Crippen LogP contribution in [-0.2, 0) is 21.3 Å². The number of amides is 1. The Labute approximate surface area is 189 Å². The zero-order valence-corrected chi connectivity index (χ0v) is 19.9. The fourth-order valence-corrected chi connectivity index (χ4v) is 5.16. The molecule has 0 fully saturated rings. The average molecular weight is 463 g/mol. The molecule has 174 valence electrons. The van der Waals surface area contributed by atoms with Crippen LogP contribution in [0, 0.1) is 0 Å². The van der Waals surface area contributed by atoms with Crippen molar-refractivity contribution in [3.05, 3.63) is 53.6 Å².